The molecule has 3 aromatic rings. The van der Waals surface area contributed by atoms with Gasteiger partial charge in [0.1, 0.15) is 4.90 Å². The topological polar surface area (TPSA) is 80.5 Å². The summed E-state index contributed by atoms with van der Waals surface area (Å²) in [5, 5.41) is 4.13. The van der Waals surface area contributed by atoms with Crippen molar-refractivity contribution in [3.63, 3.8) is 0 Å². The van der Waals surface area contributed by atoms with Gasteiger partial charge in [-0.3, -0.25) is 4.98 Å². The summed E-state index contributed by atoms with van der Waals surface area (Å²) >= 11 is 0. The molecule has 8 heteroatoms. The molecule has 0 saturated carbocycles. The summed E-state index contributed by atoms with van der Waals surface area (Å²) in [6.45, 7) is 0.494. The Morgan fingerprint density at radius 2 is 2.04 bits per heavy atom. The maximum absolute atomic E-state index is 13.0. The summed E-state index contributed by atoms with van der Waals surface area (Å²) in [4.78, 5) is 8.76. The first-order valence-corrected chi connectivity index (χ1v) is 9.32. The van der Waals surface area contributed by atoms with E-state index in [-0.39, 0.29) is 10.9 Å². The Kier molecular flexibility index (Phi) is 3.78. The summed E-state index contributed by atoms with van der Waals surface area (Å²) < 4.78 is 29.3. The second-order valence-corrected chi connectivity index (χ2v) is 7.69. The Morgan fingerprint density at radius 3 is 2.88 bits per heavy atom. The average Bonchev–Trinajstić information content (AvgIpc) is 3.10. The lowest BCUT2D eigenvalue weighted by Crippen LogP contribution is -2.38. The molecule has 4 rings (SSSR count). The van der Waals surface area contributed by atoms with E-state index in [0.29, 0.717) is 6.54 Å². The van der Waals surface area contributed by atoms with E-state index in [4.69, 9.17) is 0 Å². The van der Waals surface area contributed by atoms with Crippen molar-refractivity contribution in [1.29, 1.82) is 0 Å². The molecule has 0 aliphatic carbocycles. The highest BCUT2D eigenvalue weighted by Gasteiger charge is 2.35. The molecule has 1 aliphatic heterocycles. The molecule has 24 heavy (non-hydrogen) atoms. The van der Waals surface area contributed by atoms with E-state index in [1.54, 1.807) is 33.3 Å². The van der Waals surface area contributed by atoms with E-state index < -0.39 is 10.0 Å². The zero-order chi connectivity index (χ0) is 16.6. The van der Waals surface area contributed by atoms with Crippen molar-refractivity contribution in [3.05, 3.63) is 54.7 Å². The van der Waals surface area contributed by atoms with Crippen molar-refractivity contribution in [2.75, 3.05) is 6.54 Å². The fourth-order valence-corrected chi connectivity index (χ4v) is 4.77. The monoisotopic (exact) mass is 343 g/mol. The van der Waals surface area contributed by atoms with Crippen LogP contribution in [0.25, 0.3) is 5.65 Å². The van der Waals surface area contributed by atoms with Crippen molar-refractivity contribution in [3.8, 4) is 0 Å². The average molecular weight is 343 g/mol. The van der Waals surface area contributed by atoms with E-state index in [1.165, 1.54) is 6.20 Å². The SMILES string of the molecule is O=S(=O)(c1cccnc1)N1CCCC[C@H]1c1ccn2nccc2n1. The van der Waals surface area contributed by atoms with Crippen LogP contribution in [0, 0.1) is 0 Å². The van der Waals surface area contributed by atoms with Crippen LogP contribution in [0.3, 0.4) is 0 Å². The molecule has 3 aromatic heterocycles. The Hall–Kier alpha value is -2.32. The smallest absolute Gasteiger partial charge is 0.245 e. The van der Waals surface area contributed by atoms with Crippen molar-refractivity contribution in [2.45, 2.75) is 30.2 Å². The molecule has 0 unspecified atom stereocenters. The van der Waals surface area contributed by atoms with Crippen molar-refractivity contribution >= 4 is 15.7 Å². The van der Waals surface area contributed by atoms with Gasteiger partial charge >= 0.3 is 0 Å². The number of pyridine rings is 1. The first-order chi connectivity index (χ1) is 11.7. The van der Waals surface area contributed by atoms with Crippen LogP contribution < -0.4 is 0 Å². The Labute approximate surface area is 140 Å². The van der Waals surface area contributed by atoms with Gasteiger partial charge in [-0.25, -0.2) is 17.9 Å². The van der Waals surface area contributed by atoms with Gasteiger partial charge in [-0.1, -0.05) is 6.42 Å². The molecular weight excluding hydrogens is 326 g/mol. The van der Waals surface area contributed by atoms with Gasteiger partial charge in [0.2, 0.25) is 10.0 Å². The van der Waals surface area contributed by atoms with Crippen LogP contribution >= 0.6 is 0 Å². The number of fused-ring (bicyclic) bond motifs is 1. The number of hydrogen-bond donors (Lipinski definition) is 0. The van der Waals surface area contributed by atoms with Crippen molar-refractivity contribution in [1.82, 2.24) is 23.9 Å². The second-order valence-electron chi connectivity index (χ2n) is 5.80. The van der Waals surface area contributed by atoms with E-state index in [9.17, 15) is 8.42 Å². The third-order valence-electron chi connectivity index (χ3n) is 4.32. The van der Waals surface area contributed by atoms with Crippen LogP contribution in [0.1, 0.15) is 31.0 Å². The van der Waals surface area contributed by atoms with Crippen LogP contribution in [0.2, 0.25) is 0 Å². The van der Waals surface area contributed by atoms with Gasteiger partial charge in [-0.15, -0.1) is 0 Å². The number of aromatic nitrogens is 4. The quantitative estimate of drug-likeness (QED) is 0.727. The molecule has 0 N–H and O–H groups in total. The molecule has 0 aromatic carbocycles. The summed E-state index contributed by atoms with van der Waals surface area (Å²) in [6.07, 6.45) is 9.06. The fraction of sp³-hybridized carbons (Fsp3) is 0.312. The molecule has 1 saturated heterocycles. The normalized spacial score (nSPS) is 19.6. The maximum Gasteiger partial charge on any atom is 0.245 e. The van der Waals surface area contributed by atoms with Crippen molar-refractivity contribution < 1.29 is 8.42 Å². The molecule has 1 atom stereocenters. The van der Waals surface area contributed by atoms with Crippen LogP contribution in [0.4, 0.5) is 0 Å². The summed E-state index contributed by atoms with van der Waals surface area (Å²) in [7, 11) is -3.59. The number of sulfonamides is 1. The summed E-state index contributed by atoms with van der Waals surface area (Å²) in [6, 6.07) is 6.63. The van der Waals surface area contributed by atoms with Gasteiger partial charge in [0, 0.05) is 31.2 Å². The van der Waals surface area contributed by atoms with Gasteiger partial charge in [-0.05, 0) is 31.0 Å². The molecule has 7 nitrogen and oxygen atoms in total. The van der Waals surface area contributed by atoms with Gasteiger partial charge in [0.25, 0.3) is 0 Å². The van der Waals surface area contributed by atoms with E-state index in [2.05, 4.69) is 15.1 Å². The minimum atomic E-state index is -3.59. The minimum absolute atomic E-state index is 0.224. The lowest BCUT2D eigenvalue weighted by atomic mass is 10.0. The summed E-state index contributed by atoms with van der Waals surface area (Å²) in [5.41, 5.74) is 1.48. The van der Waals surface area contributed by atoms with E-state index in [1.807, 2.05) is 18.3 Å². The predicted molar refractivity (Wildman–Crippen MR) is 87.7 cm³/mol. The second kappa shape index (κ2) is 5.95. The van der Waals surface area contributed by atoms with E-state index >= 15 is 0 Å². The van der Waals surface area contributed by atoms with Crippen LogP contribution in [-0.4, -0.2) is 38.8 Å². The standard InChI is InChI=1S/C16H17N5O2S/c22-24(23,13-4-3-8-17-12-13)21-10-2-1-5-15(21)14-7-11-20-16(19-14)6-9-18-20/h3-4,6-9,11-12,15H,1-2,5,10H2/t15-/m0/s1. The number of rotatable bonds is 3. The molecule has 1 aliphatic rings. The predicted octanol–water partition coefficient (Wildman–Crippen LogP) is 2.04. The highest BCUT2D eigenvalue weighted by molar-refractivity contribution is 7.89. The van der Waals surface area contributed by atoms with Crippen LogP contribution in [0.15, 0.2) is 53.9 Å². The lowest BCUT2D eigenvalue weighted by molar-refractivity contribution is 0.251. The molecule has 1 fully saturated rings. The van der Waals surface area contributed by atoms with Gasteiger partial charge in [-0.2, -0.15) is 9.40 Å². The highest BCUT2D eigenvalue weighted by Crippen LogP contribution is 2.34. The molecule has 0 bridgehead atoms. The summed E-state index contributed by atoms with van der Waals surface area (Å²) in [5.74, 6) is 0. The van der Waals surface area contributed by atoms with E-state index in [0.717, 1.165) is 30.6 Å². The minimum Gasteiger partial charge on any atom is -0.263 e. The van der Waals surface area contributed by atoms with Crippen LogP contribution in [-0.2, 0) is 10.0 Å². The maximum atomic E-state index is 13.0. The van der Waals surface area contributed by atoms with Gasteiger partial charge in [0.15, 0.2) is 5.65 Å². The molecule has 124 valence electrons. The first-order valence-electron chi connectivity index (χ1n) is 7.88. The molecule has 0 radical (unpaired) electrons. The third-order valence-corrected chi connectivity index (χ3v) is 6.21. The number of piperidine rings is 1. The fourth-order valence-electron chi connectivity index (χ4n) is 3.14. The third kappa shape index (κ3) is 2.57. The zero-order valence-corrected chi connectivity index (χ0v) is 13.8. The molecule has 0 spiro atoms. The van der Waals surface area contributed by atoms with Gasteiger partial charge in [0.05, 0.1) is 17.9 Å². The van der Waals surface area contributed by atoms with Crippen molar-refractivity contribution in [2.24, 2.45) is 0 Å². The highest BCUT2D eigenvalue weighted by atomic mass is 32.2. The van der Waals surface area contributed by atoms with Crippen LogP contribution in [0.5, 0.6) is 0 Å². The zero-order valence-electron chi connectivity index (χ0n) is 13.0. The number of hydrogen-bond acceptors (Lipinski definition) is 5. The lowest BCUT2D eigenvalue weighted by Gasteiger charge is -2.34. The molecular formula is C16H17N5O2S. The Morgan fingerprint density at radius 1 is 1.12 bits per heavy atom. The Bertz CT molecular complexity index is 955. The Balaban J connectivity index is 1.75. The number of nitrogens with zero attached hydrogens (tertiary/aromatic N) is 5. The van der Waals surface area contributed by atoms with Gasteiger partial charge < -0.3 is 0 Å². The largest absolute Gasteiger partial charge is 0.263 e. The molecule has 0 amide bonds. The first kappa shape index (κ1) is 15.2. The molecule has 4 heterocycles.